The van der Waals surface area contributed by atoms with E-state index >= 15 is 0 Å². The van der Waals surface area contributed by atoms with Crippen molar-refractivity contribution in [2.45, 2.75) is 84.2 Å². The molecule has 28 heavy (non-hydrogen) atoms. The minimum absolute atomic E-state index is 0.326. The molecule has 0 aliphatic heterocycles. The third-order valence-electron chi connectivity index (χ3n) is 10.0. The summed E-state index contributed by atoms with van der Waals surface area (Å²) in [4.78, 5) is 4.40. The van der Waals surface area contributed by atoms with E-state index in [0.717, 1.165) is 42.9 Å². The number of allylic oxidation sites excluding steroid dienone is 2. The van der Waals surface area contributed by atoms with Crippen molar-refractivity contribution in [3.8, 4) is 0 Å². The molecule has 1 aromatic rings. The second-order valence-electron chi connectivity index (χ2n) is 11.0. The van der Waals surface area contributed by atoms with Crippen LogP contribution in [0.3, 0.4) is 0 Å². The monoisotopic (exact) mass is 379 g/mol. The van der Waals surface area contributed by atoms with Crippen LogP contribution in [0.5, 0.6) is 0 Å². The van der Waals surface area contributed by atoms with Gasteiger partial charge in [-0.15, -0.1) is 0 Å². The molecule has 2 nitrogen and oxygen atoms in total. The smallest absolute Gasteiger partial charge is 0.0648 e. The molecule has 3 saturated carbocycles. The van der Waals surface area contributed by atoms with Crippen LogP contribution >= 0.6 is 0 Å². The summed E-state index contributed by atoms with van der Waals surface area (Å²) in [6, 6.07) is 4.34. The Labute approximate surface area is 170 Å². The van der Waals surface area contributed by atoms with E-state index in [2.05, 4.69) is 50.2 Å². The maximum Gasteiger partial charge on any atom is 0.0648 e. The van der Waals surface area contributed by atoms with E-state index in [9.17, 15) is 5.11 Å². The van der Waals surface area contributed by atoms with Crippen molar-refractivity contribution in [3.05, 3.63) is 36.2 Å². The molecule has 0 radical (unpaired) electrons. The molecular formula is C26H37NO. The van der Waals surface area contributed by atoms with E-state index in [4.69, 9.17) is 0 Å². The van der Waals surface area contributed by atoms with Gasteiger partial charge in [-0.25, -0.2) is 0 Å². The maximum atomic E-state index is 11.0. The Morgan fingerprint density at radius 2 is 1.96 bits per heavy atom. The number of pyridine rings is 1. The molecule has 1 heterocycles. The second-order valence-corrected chi connectivity index (χ2v) is 11.0. The summed E-state index contributed by atoms with van der Waals surface area (Å²) in [6.07, 6.45) is 17.4. The van der Waals surface area contributed by atoms with Crippen molar-refractivity contribution in [3.63, 3.8) is 0 Å². The summed E-state index contributed by atoms with van der Waals surface area (Å²) in [7, 11) is 0. The second kappa shape index (κ2) is 6.42. The lowest BCUT2D eigenvalue weighted by atomic mass is 9.43. The van der Waals surface area contributed by atoms with E-state index < -0.39 is 0 Å². The zero-order chi connectivity index (χ0) is 19.6. The molecule has 0 spiro atoms. The van der Waals surface area contributed by atoms with Crippen molar-refractivity contribution in [1.29, 1.82) is 0 Å². The molecule has 1 aromatic heterocycles. The van der Waals surface area contributed by atoms with Crippen LogP contribution in [0.1, 0.15) is 84.1 Å². The Hall–Kier alpha value is -1.15. The largest absolute Gasteiger partial charge is 0.390 e. The standard InChI is InChI=1S/C26H37NO/c1-4-26(28)14-13-24(2)19(16-26)7-8-20-22-10-9-21(18-6-5-15-27-17-18)25(22,3)12-11-23(20)24/h5-6,9,15,17,19-20,22-23,28H,4,7-8,10-14,16H2,1-3H3/t19?,20-,22-,23?,24-,25+,26+/m0/s1. The Balaban J connectivity index is 1.42. The molecule has 0 bridgehead atoms. The van der Waals surface area contributed by atoms with Gasteiger partial charge in [0.1, 0.15) is 0 Å². The summed E-state index contributed by atoms with van der Waals surface area (Å²) in [5.74, 6) is 3.24. The highest BCUT2D eigenvalue weighted by atomic mass is 16.3. The molecule has 5 rings (SSSR count). The topological polar surface area (TPSA) is 33.1 Å². The van der Waals surface area contributed by atoms with E-state index in [1.807, 2.05) is 6.20 Å². The summed E-state index contributed by atoms with van der Waals surface area (Å²) in [6.45, 7) is 7.31. The molecule has 4 aliphatic rings. The van der Waals surface area contributed by atoms with Gasteiger partial charge in [-0.05, 0) is 109 Å². The third kappa shape index (κ3) is 2.59. The average molecular weight is 380 g/mol. The fourth-order valence-electron chi connectivity index (χ4n) is 8.18. The molecule has 3 fully saturated rings. The van der Waals surface area contributed by atoms with Gasteiger partial charge >= 0.3 is 0 Å². The number of rotatable bonds is 2. The third-order valence-corrected chi connectivity index (χ3v) is 10.0. The zero-order valence-corrected chi connectivity index (χ0v) is 18.0. The first-order valence-electron chi connectivity index (χ1n) is 11.7. The lowest BCUT2D eigenvalue weighted by molar-refractivity contribution is -0.144. The zero-order valence-electron chi connectivity index (χ0n) is 18.0. The highest BCUT2D eigenvalue weighted by Crippen LogP contribution is 2.68. The highest BCUT2D eigenvalue weighted by Gasteiger charge is 2.59. The number of nitrogens with zero attached hydrogens (tertiary/aromatic N) is 1. The minimum atomic E-state index is -0.386. The Bertz CT molecular complexity index is 772. The van der Waals surface area contributed by atoms with Gasteiger partial charge < -0.3 is 5.11 Å². The van der Waals surface area contributed by atoms with E-state index in [1.54, 1.807) is 5.57 Å². The molecule has 4 aliphatic carbocycles. The Morgan fingerprint density at radius 1 is 1.11 bits per heavy atom. The summed E-state index contributed by atoms with van der Waals surface area (Å²) in [5.41, 5.74) is 3.30. The first kappa shape index (κ1) is 18.9. The number of hydrogen-bond donors (Lipinski definition) is 1. The quantitative estimate of drug-likeness (QED) is 0.658. The number of aromatic nitrogens is 1. The fraction of sp³-hybridized carbons (Fsp3) is 0.731. The normalized spacial score (nSPS) is 47.6. The summed E-state index contributed by atoms with van der Waals surface area (Å²) in [5, 5.41) is 11.0. The summed E-state index contributed by atoms with van der Waals surface area (Å²) < 4.78 is 0. The van der Waals surface area contributed by atoms with Crippen LogP contribution in [0.4, 0.5) is 0 Å². The van der Waals surface area contributed by atoms with Crippen LogP contribution in [-0.4, -0.2) is 15.7 Å². The van der Waals surface area contributed by atoms with Crippen molar-refractivity contribution >= 4 is 5.57 Å². The van der Waals surface area contributed by atoms with Crippen LogP contribution in [0.2, 0.25) is 0 Å². The molecule has 1 N–H and O–H groups in total. The Kier molecular flexibility index (Phi) is 4.32. The lowest BCUT2D eigenvalue weighted by Crippen LogP contribution is -2.55. The Morgan fingerprint density at radius 3 is 2.71 bits per heavy atom. The van der Waals surface area contributed by atoms with Crippen LogP contribution in [-0.2, 0) is 0 Å². The molecule has 2 heteroatoms. The van der Waals surface area contributed by atoms with E-state index in [-0.39, 0.29) is 5.60 Å². The maximum absolute atomic E-state index is 11.0. The van der Waals surface area contributed by atoms with Gasteiger partial charge in [0.25, 0.3) is 0 Å². The number of hydrogen-bond acceptors (Lipinski definition) is 2. The predicted octanol–water partition coefficient (Wildman–Crippen LogP) is 6.26. The first-order chi connectivity index (χ1) is 13.4. The summed E-state index contributed by atoms with van der Waals surface area (Å²) >= 11 is 0. The molecule has 0 amide bonds. The van der Waals surface area contributed by atoms with E-state index in [1.165, 1.54) is 44.1 Å². The van der Waals surface area contributed by atoms with Gasteiger partial charge in [0, 0.05) is 12.4 Å². The molecule has 7 atom stereocenters. The van der Waals surface area contributed by atoms with Crippen molar-refractivity contribution in [2.75, 3.05) is 0 Å². The average Bonchev–Trinajstić information content (AvgIpc) is 3.06. The van der Waals surface area contributed by atoms with Crippen LogP contribution in [0.15, 0.2) is 30.6 Å². The van der Waals surface area contributed by atoms with Gasteiger partial charge in [0.05, 0.1) is 5.60 Å². The van der Waals surface area contributed by atoms with Crippen LogP contribution in [0.25, 0.3) is 5.57 Å². The minimum Gasteiger partial charge on any atom is -0.390 e. The SMILES string of the molecule is CC[C@@]1(O)CC[C@@]2(C)C(CC[C@@H]3C2CC[C@]2(C)C(c4cccnc4)=CC[C@@H]32)C1. The van der Waals surface area contributed by atoms with Crippen molar-refractivity contribution in [2.24, 2.45) is 34.5 Å². The molecular weight excluding hydrogens is 342 g/mol. The van der Waals surface area contributed by atoms with Crippen LogP contribution in [0, 0.1) is 34.5 Å². The molecule has 0 saturated heterocycles. The van der Waals surface area contributed by atoms with Gasteiger partial charge in [-0.3, -0.25) is 4.98 Å². The number of fused-ring (bicyclic) bond motifs is 5. The molecule has 2 unspecified atom stereocenters. The van der Waals surface area contributed by atoms with Gasteiger partial charge in [0.2, 0.25) is 0 Å². The number of aliphatic hydroxyl groups is 1. The van der Waals surface area contributed by atoms with Gasteiger partial charge in [0.15, 0.2) is 0 Å². The van der Waals surface area contributed by atoms with Crippen molar-refractivity contribution < 1.29 is 5.11 Å². The highest BCUT2D eigenvalue weighted by molar-refractivity contribution is 5.72. The van der Waals surface area contributed by atoms with E-state index in [0.29, 0.717) is 10.8 Å². The first-order valence-corrected chi connectivity index (χ1v) is 11.7. The van der Waals surface area contributed by atoms with Gasteiger partial charge in [-0.1, -0.05) is 32.9 Å². The van der Waals surface area contributed by atoms with Crippen molar-refractivity contribution in [1.82, 2.24) is 4.98 Å². The fourth-order valence-corrected chi connectivity index (χ4v) is 8.18. The molecule has 0 aromatic carbocycles. The molecule has 152 valence electrons. The van der Waals surface area contributed by atoms with Crippen LogP contribution < -0.4 is 0 Å². The van der Waals surface area contributed by atoms with Gasteiger partial charge in [-0.2, -0.15) is 0 Å². The predicted molar refractivity (Wildman–Crippen MR) is 115 cm³/mol. The lowest BCUT2D eigenvalue weighted by Gasteiger charge is -2.62.